The number of halogens is 2. The Balaban J connectivity index is 2.84. The van der Waals surface area contributed by atoms with Crippen LogP contribution in [0.5, 0.6) is 0 Å². The smallest absolute Gasteiger partial charge is 0.251 e. The maximum atomic E-state index is 13.0. The SMILES string of the molecule is CCC(C)(CCO)NC(=O)c1ccc(F)c(F)c1. The first-order valence-electron chi connectivity index (χ1n) is 5.80. The van der Waals surface area contributed by atoms with Gasteiger partial charge >= 0.3 is 0 Å². The van der Waals surface area contributed by atoms with E-state index in [4.69, 9.17) is 5.11 Å². The van der Waals surface area contributed by atoms with Crippen LogP contribution in [0.1, 0.15) is 37.0 Å². The Labute approximate surface area is 105 Å². The van der Waals surface area contributed by atoms with E-state index in [0.29, 0.717) is 12.8 Å². The summed E-state index contributed by atoms with van der Waals surface area (Å²) in [4.78, 5) is 11.9. The van der Waals surface area contributed by atoms with E-state index in [0.717, 1.165) is 12.1 Å². The summed E-state index contributed by atoms with van der Waals surface area (Å²) in [5, 5.41) is 11.7. The standard InChI is InChI=1S/C13H17F2NO2/c1-3-13(2,6-7-17)16-12(18)9-4-5-10(14)11(15)8-9/h4-5,8,17H,3,6-7H2,1-2H3,(H,16,18). The highest BCUT2D eigenvalue weighted by molar-refractivity contribution is 5.94. The molecule has 0 saturated heterocycles. The summed E-state index contributed by atoms with van der Waals surface area (Å²) >= 11 is 0. The second kappa shape index (κ2) is 5.91. The first-order chi connectivity index (χ1) is 8.41. The van der Waals surface area contributed by atoms with Gasteiger partial charge in [0.25, 0.3) is 5.91 Å². The van der Waals surface area contributed by atoms with E-state index in [-0.39, 0.29) is 12.2 Å². The fourth-order valence-electron chi connectivity index (χ4n) is 1.56. The van der Waals surface area contributed by atoms with Gasteiger partial charge in [-0.1, -0.05) is 6.92 Å². The molecule has 100 valence electrons. The van der Waals surface area contributed by atoms with Crippen molar-refractivity contribution in [2.45, 2.75) is 32.2 Å². The van der Waals surface area contributed by atoms with Gasteiger partial charge in [0.05, 0.1) is 0 Å². The summed E-state index contributed by atoms with van der Waals surface area (Å²) < 4.78 is 25.8. The van der Waals surface area contributed by atoms with E-state index in [1.807, 2.05) is 6.92 Å². The maximum absolute atomic E-state index is 13.0. The normalized spacial score (nSPS) is 14.1. The van der Waals surface area contributed by atoms with E-state index >= 15 is 0 Å². The van der Waals surface area contributed by atoms with Crippen LogP contribution >= 0.6 is 0 Å². The van der Waals surface area contributed by atoms with Crippen molar-refractivity contribution in [3.05, 3.63) is 35.4 Å². The summed E-state index contributed by atoms with van der Waals surface area (Å²) in [5.41, 5.74) is -0.497. The number of rotatable bonds is 5. The topological polar surface area (TPSA) is 49.3 Å². The molecule has 0 fully saturated rings. The van der Waals surface area contributed by atoms with Gasteiger partial charge in [0.15, 0.2) is 11.6 Å². The molecule has 0 saturated carbocycles. The number of amides is 1. The fourth-order valence-corrected chi connectivity index (χ4v) is 1.56. The third-order valence-electron chi connectivity index (χ3n) is 3.04. The molecular formula is C13H17F2NO2. The summed E-state index contributed by atoms with van der Waals surface area (Å²) in [7, 11) is 0. The van der Waals surface area contributed by atoms with E-state index in [1.165, 1.54) is 6.07 Å². The molecule has 1 rings (SSSR count). The second-order valence-electron chi connectivity index (χ2n) is 4.47. The Bertz CT molecular complexity index is 437. The first kappa shape index (κ1) is 14.6. The van der Waals surface area contributed by atoms with Crippen molar-refractivity contribution in [1.82, 2.24) is 5.32 Å². The molecule has 18 heavy (non-hydrogen) atoms. The van der Waals surface area contributed by atoms with Gasteiger partial charge < -0.3 is 10.4 Å². The average Bonchev–Trinajstić information content (AvgIpc) is 2.32. The van der Waals surface area contributed by atoms with Gasteiger partial charge in [-0.05, 0) is 38.0 Å². The highest BCUT2D eigenvalue weighted by atomic mass is 19.2. The molecule has 0 aliphatic carbocycles. The first-order valence-corrected chi connectivity index (χ1v) is 5.80. The quantitative estimate of drug-likeness (QED) is 0.850. The minimum atomic E-state index is -1.05. The monoisotopic (exact) mass is 257 g/mol. The lowest BCUT2D eigenvalue weighted by atomic mass is 9.94. The fraction of sp³-hybridized carbons (Fsp3) is 0.462. The summed E-state index contributed by atoms with van der Waals surface area (Å²) in [6, 6.07) is 3.00. The lowest BCUT2D eigenvalue weighted by Crippen LogP contribution is -2.46. The number of aliphatic hydroxyl groups is 1. The molecule has 1 atom stereocenters. The maximum Gasteiger partial charge on any atom is 0.251 e. The highest BCUT2D eigenvalue weighted by Gasteiger charge is 2.24. The van der Waals surface area contributed by atoms with Gasteiger partial charge in [-0.15, -0.1) is 0 Å². The van der Waals surface area contributed by atoms with Crippen molar-refractivity contribution in [2.24, 2.45) is 0 Å². The van der Waals surface area contributed by atoms with Crippen LogP contribution in [0.15, 0.2) is 18.2 Å². The van der Waals surface area contributed by atoms with Crippen LogP contribution in [0.2, 0.25) is 0 Å². The molecule has 0 aromatic heterocycles. The molecule has 0 aliphatic rings. The van der Waals surface area contributed by atoms with Crippen molar-refractivity contribution in [2.75, 3.05) is 6.61 Å². The van der Waals surface area contributed by atoms with Gasteiger partial charge in [0.2, 0.25) is 0 Å². The molecule has 0 heterocycles. The molecule has 5 heteroatoms. The van der Waals surface area contributed by atoms with E-state index < -0.39 is 23.1 Å². The molecule has 0 radical (unpaired) electrons. The van der Waals surface area contributed by atoms with Crippen LogP contribution in [0.3, 0.4) is 0 Å². The van der Waals surface area contributed by atoms with Gasteiger partial charge in [-0.3, -0.25) is 4.79 Å². The Hall–Kier alpha value is -1.49. The van der Waals surface area contributed by atoms with E-state index in [2.05, 4.69) is 5.32 Å². The molecule has 1 aromatic rings. The highest BCUT2D eigenvalue weighted by Crippen LogP contribution is 2.16. The molecule has 0 bridgehead atoms. The van der Waals surface area contributed by atoms with Crippen LogP contribution in [0.4, 0.5) is 8.78 Å². The Kier molecular flexibility index (Phi) is 4.78. The van der Waals surface area contributed by atoms with Gasteiger partial charge in [-0.2, -0.15) is 0 Å². The van der Waals surface area contributed by atoms with Crippen LogP contribution in [0, 0.1) is 11.6 Å². The second-order valence-corrected chi connectivity index (χ2v) is 4.47. The average molecular weight is 257 g/mol. The lowest BCUT2D eigenvalue weighted by Gasteiger charge is -2.29. The predicted octanol–water partition coefficient (Wildman–Crippen LogP) is 2.25. The van der Waals surface area contributed by atoms with Crippen molar-refractivity contribution in [1.29, 1.82) is 0 Å². The number of hydrogen-bond donors (Lipinski definition) is 2. The minimum Gasteiger partial charge on any atom is -0.396 e. The summed E-state index contributed by atoms with van der Waals surface area (Å²) in [6.07, 6.45) is 1.03. The number of carbonyl (C=O) groups excluding carboxylic acids is 1. The zero-order chi connectivity index (χ0) is 13.8. The number of carbonyl (C=O) groups is 1. The summed E-state index contributed by atoms with van der Waals surface area (Å²) in [6.45, 7) is 3.62. The Morgan fingerprint density at radius 3 is 2.56 bits per heavy atom. The molecule has 0 spiro atoms. The Morgan fingerprint density at radius 2 is 2.06 bits per heavy atom. The van der Waals surface area contributed by atoms with Crippen LogP contribution in [0.25, 0.3) is 0 Å². The molecule has 3 nitrogen and oxygen atoms in total. The third-order valence-corrected chi connectivity index (χ3v) is 3.04. The van der Waals surface area contributed by atoms with Crippen molar-refractivity contribution in [3.63, 3.8) is 0 Å². The van der Waals surface area contributed by atoms with Crippen molar-refractivity contribution >= 4 is 5.91 Å². The van der Waals surface area contributed by atoms with Crippen molar-refractivity contribution < 1.29 is 18.7 Å². The van der Waals surface area contributed by atoms with Crippen LogP contribution < -0.4 is 5.32 Å². The molecule has 1 amide bonds. The lowest BCUT2D eigenvalue weighted by molar-refractivity contribution is 0.0885. The summed E-state index contributed by atoms with van der Waals surface area (Å²) in [5.74, 6) is -2.52. The number of benzene rings is 1. The molecule has 1 aromatic carbocycles. The predicted molar refractivity (Wildman–Crippen MR) is 64.2 cm³/mol. The largest absolute Gasteiger partial charge is 0.396 e. The molecule has 1 unspecified atom stereocenters. The van der Waals surface area contributed by atoms with Gasteiger partial charge in [0.1, 0.15) is 0 Å². The minimum absolute atomic E-state index is 0.0532. The Morgan fingerprint density at radius 1 is 1.39 bits per heavy atom. The number of hydrogen-bond acceptors (Lipinski definition) is 2. The number of nitrogens with one attached hydrogen (secondary N) is 1. The number of aliphatic hydroxyl groups excluding tert-OH is 1. The molecule has 0 aliphatic heterocycles. The third kappa shape index (κ3) is 3.50. The zero-order valence-corrected chi connectivity index (χ0v) is 10.5. The van der Waals surface area contributed by atoms with E-state index in [9.17, 15) is 13.6 Å². The van der Waals surface area contributed by atoms with E-state index in [1.54, 1.807) is 6.92 Å². The zero-order valence-electron chi connectivity index (χ0n) is 10.5. The molecular weight excluding hydrogens is 240 g/mol. The van der Waals surface area contributed by atoms with Gasteiger partial charge in [0, 0.05) is 17.7 Å². The molecule has 2 N–H and O–H groups in total. The van der Waals surface area contributed by atoms with Gasteiger partial charge in [-0.25, -0.2) is 8.78 Å². The van der Waals surface area contributed by atoms with Crippen LogP contribution in [-0.4, -0.2) is 23.2 Å². The van der Waals surface area contributed by atoms with Crippen molar-refractivity contribution in [3.8, 4) is 0 Å². The van der Waals surface area contributed by atoms with Crippen LogP contribution in [-0.2, 0) is 0 Å².